The van der Waals surface area contributed by atoms with Crippen LogP contribution in [0.3, 0.4) is 0 Å². The minimum absolute atomic E-state index is 0.149. The number of furan rings is 1. The van der Waals surface area contributed by atoms with Crippen LogP contribution in [0, 0.1) is 5.92 Å². The van der Waals surface area contributed by atoms with Gasteiger partial charge in [-0.05, 0) is 37.9 Å². The highest BCUT2D eigenvalue weighted by atomic mass is 16.3. The number of rotatable bonds is 7. The van der Waals surface area contributed by atoms with Crippen molar-refractivity contribution >= 4 is 5.91 Å². The lowest BCUT2D eigenvalue weighted by atomic mass is 10.2. The molecule has 1 heterocycles. The number of hydrogen-bond acceptors (Lipinski definition) is 3. The van der Waals surface area contributed by atoms with Crippen molar-refractivity contribution in [2.75, 3.05) is 13.6 Å². The molecule has 0 aliphatic heterocycles. The van der Waals surface area contributed by atoms with E-state index in [0.29, 0.717) is 18.9 Å². The van der Waals surface area contributed by atoms with Crippen LogP contribution in [-0.2, 0) is 11.3 Å². The van der Waals surface area contributed by atoms with Crippen molar-refractivity contribution in [1.82, 2.24) is 10.2 Å². The van der Waals surface area contributed by atoms with Crippen LogP contribution in [0.2, 0.25) is 0 Å². The molecule has 1 saturated carbocycles. The molecule has 2 rings (SSSR count). The monoisotopic (exact) mass is 278 g/mol. The van der Waals surface area contributed by atoms with Crippen molar-refractivity contribution in [2.24, 2.45) is 5.92 Å². The molecule has 1 amide bonds. The van der Waals surface area contributed by atoms with Crippen molar-refractivity contribution in [3.05, 3.63) is 23.7 Å². The molecule has 0 bridgehead atoms. The van der Waals surface area contributed by atoms with Gasteiger partial charge in [0.1, 0.15) is 11.5 Å². The number of amides is 1. The normalized spacial score (nSPS) is 22.6. The molecule has 4 heteroatoms. The lowest BCUT2D eigenvalue weighted by molar-refractivity contribution is -0.131. The smallest absolute Gasteiger partial charge is 0.224 e. The van der Waals surface area contributed by atoms with Gasteiger partial charge in [-0.3, -0.25) is 4.79 Å². The largest absolute Gasteiger partial charge is 0.464 e. The number of nitrogens with zero attached hydrogens (tertiary/aromatic N) is 1. The SMILES string of the molecule is CCNC(C)CC(=O)N(C)Cc1ccc(C2CC2C)o1. The molecule has 20 heavy (non-hydrogen) atoms. The van der Waals surface area contributed by atoms with Gasteiger partial charge in [-0.2, -0.15) is 0 Å². The fourth-order valence-corrected chi connectivity index (χ4v) is 2.56. The summed E-state index contributed by atoms with van der Waals surface area (Å²) in [4.78, 5) is 13.8. The van der Waals surface area contributed by atoms with E-state index in [-0.39, 0.29) is 11.9 Å². The quantitative estimate of drug-likeness (QED) is 0.834. The Kier molecular flexibility index (Phi) is 4.86. The zero-order chi connectivity index (χ0) is 14.7. The third kappa shape index (κ3) is 3.85. The predicted molar refractivity (Wildman–Crippen MR) is 79.5 cm³/mol. The number of hydrogen-bond donors (Lipinski definition) is 1. The van der Waals surface area contributed by atoms with E-state index in [2.05, 4.69) is 18.3 Å². The van der Waals surface area contributed by atoms with Gasteiger partial charge >= 0.3 is 0 Å². The van der Waals surface area contributed by atoms with E-state index < -0.39 is 0 Å². The van der Waals surface area contributed by atoms with Gasteiger partial charge in [0.15, 0.2) is 0 Å². The van der Waals surface area contributed by atoms with Crippen molar-refractivity contribution in [1.29, 1.82) is 0 Å². The van der Waals surface area contributed by atoms with Crippen molar-refractivity contribution < 1.29 is 9.21 Å². The van der Waals surface area contributed by atoms with Crippen LogP contribution < -0.4 is 5.32 Å². The fourth-order valence-electron chi connectivity index (χ4n) is 2.56. The molecule has 4 nitrogen and oxygen atoms in total. The molecule has 1 fully saturated rings. The zero-order valence-corrected chi connectivity index (χ0v) is 13.0. The average Bonchev–Trinajstić information content (AvgIpc) is 2.94. The molecular formula is C16H26N2O2. The van der Waals surface area contributed by atoms with E-state index in [9.17, 15) is 4.79 Å². The minimum Gasteiger partial charge on any atom is -0.464 e. The number of carbonyl (C=O) groups excluding carboxylic acids is 1. The molecule has 1 aromatic rings. The molecule has 0 radical (unpaired) electrons. The first-order chi connectivity index (χ1) is 9.51. The minimum atomic E-state index is 0.149. The molecule has 1 aliphatic rings. The van der Waals surface area contributed by atoms with Gasteiger partial charge in [-0.1, -0.05) is 13.8 Å². The third-order valence-electron chi connectivity index (χ3n) is 4.01. The second kappa shape index (κ2) is 6.44. The van der Waals surface area contributed by atoms with Crippen LogP contribution >= 0.6 is 0 Å². The van der Waals surface area contributed by atoms with Gasteiger partial charge in [0, 0.05) is 25.4 Å². The summed E-state index contributed by atoms with van der Waals surface area (Å²) in [6, 6.07) is 4.27. The average molecular weight is 278 g/mol. The highest BCUT2D eigenvalue weighted by molar-refractivity contribution is 5.76. The van der Waals surface area contributed by atoms with Gasteiger partial charge in [0.25, 0.3) is 0 Å². The first-order valence-corrected chi connectivity index (χ1v) is 7.57. The van der Waals surface area contributed by atoms with Crippen molar-refractivity contribution in [3.63, 3.8) is 0 Å². The van der Waals surface area contributed by atoms with Crippen LogP contribution in [0.1, 0.15) is 51.1 Å². The van der Waals surface area contributed by atoms with Gasteiger partial charge in [0.2, 0.25) is 5.91 Å². The first-order valence-electron chi connectivity index (χ1n) is 7.57. The van der Waals surface area contributed by atoms with Gasteiger partial charge in [-0.25, -0.2) is 0 Å². The van der Waals surface area contributed by atoms with Gasteiger partial charge in [0.05, 0.1) is 6.54 Å². The Balaban J connectivity index is 1.82. The van der Waals surface area contributed by atoms with E-state index >= 15 is 0 Å². The summed E-state index contributed by atoms with van der Waals surface area (Å²) in [6.07, 6.45) is 1.75. The molecule has 1 aliphatic carbocycles. The maximum atomic E-state index is 12.1. The Morgan fingerprint density at radius 3 is 2.85 bits per heavy atom. The Labute approximate surface area is 121 Å². The Morgan fingerprint density at radius 2 is 2.25 bits per heavy atom. The summed E-state index contributed by atoms with van der Waals surface area (Å²) in [6.45, 7) is 7.77. The lowest BCUT2D eigenvalue weighted by Crippen LogP contribution is -2.34. The van der Waals surface area contributed by atoms with Gasteiger partial charge in [-0.15, -0.1) is 0 Å². The van der Waals surface area contributed by atoms with E-state index in [1.807, 2.05) is 27.0 Å². The maximum Gasteiger partial charge on any atom is 0.224 e. The Hall–Kier alpha value is -1.29. The molecule has 3 atom stereocenters. The third-order valence-corrected chi connectivity index (χ3v) is 4.01. The summed E-state index contributed by atoms with van der Waals surface area (Å²) in [5.41, 5.74) is 0. The summed E-state index contributed by atoms with van der Waals surface area (Å²) in [5.74, 6) is 3.45. The number of carbonyl (C=O) groups is 1. The first kappa shape index (κ1) is 15.1. The highest BCUT2D eigenvalue weighted by Gasteiger charge is 2.36. The molecule has 1 N–H and O–H groups in total. The maximum absolute atomic E-state index is 12.1. The van der Waals surface area contributed by atoms with Crippen LogP contribution in [0.4, 0.5) is 0 Å². The van der Waals surface area contributed by atoms with E-state index in [0.717, 1.165) is 24.0 Å². The standard InChI is InChI=1S/C16H26N2O2/c1-5-17-12(3)9-16(19)18(4)10-13-6-7-15(20-13)14-8-11(14)2/h6-7,11-12,14,17H,5,8-10H2,1-4H3. The summed E-state index contributed by atoms with van der Waals surface area (Å²) >= 11 is 0. The molecule has 0 spiro atoms. The van der Waals surface area contributed by atoms with E-state index in [4.69, 9.17) is 4.42 Å². The summed E-state index contributed by atoms with van der Waals surface area (Å²) < 4.78 is 5.84. The molecule has 112 valence electrons. The summed E-state index contributed by atoms with van der Waals surface area (Å²) in [5, 5.41) is 3.26. The molecule has 1 aromatic heterocycles. The van der Waals surface area contributed by atoms with Crippen LogP contribution in [-0.4, -0.2) is 30.4 Å². The highest BCUT2D eigenvalue weighted by Crippen LogP contribution is 2.47. The fraction of sp³-hybridized carbons (Fsp3) is 0.688. The van der Waals surface area contributed by atoms with Crippen LogP contribution in [0.15, 0.2) is 16.5 Å². The Bertz CT molecular complexity index is 455. The second-order valence-electron chi connectivity index (χ2n) is 6.04. The zero-order valence-electron chi connectivity index (χ0n) is 13.0. The van der Waals surface area contributed by atoms with E-state index in [1.54, 1.807) is 4.90 Å². The second-order valence-corrected chi connectivity index (χ2v) is 6.04. The van der Waals surface area contributed by atoms with Crippen molar-refractivity contribution in [2.45, 2.75) is 52.1 Å². The lowest BCUT2D eigenvalue weighted by Gasteiger charge is -2.19. The molecular weight excluding hydrogens is 252 g/mol. The topological polar surface area (TPSA) is 45.5 Å². The van der Waals surface area contributed by atoms with Gasteiger partial charge < -0.3 is 14.6 Å². The summed E-state index contributed by atoms with van der Waals surface area (Å²) in [7, 11) is 1.84. The van der Waals surface area contributed by atoms with Crippen LogP contribution in [0.5, 0.6) is 0 Å². The Morgan fingerprint density at radius 1 is 1.55 bits per heavy atom. The predicted octanol–water partition coefficient (Wildman–Crippen LogP) is 2.75. The molecule has 0 aromatic carbocycles. The molecule has 3 unspecified atom stereocenters. The molecule has 0 saturated heterocycles. The van der Waals surface area contributed by atoms with Crippen molar-refractivity contribution in [3.8, 4) is 0 Å². The number of nitrogens with one attached hydrogen (secondary N) is 1. The van der Waals surface area contributed by atoms with E-state index in [1.165, 1.54) is 6.42 Å². The van der Waals surface area contributed by atoms with Crippen LogP contribution in [0.25, 0.3) is 0 Å².